The molecule has 0 radical (unpaired) electrons. The molecule has 0 aliphatic heterocycles. The van der Waals surface area contributed by atoms with Gasteiger partial charge in [-0.1, -0.05) is 77.9 Å². The smallest absolute Gasteiger partial charge is 0.264 e. The van der Waals surface area contributed by atoms with E-state index in [2.05, 4.69) is 5.32 Å². The number of nitrogens with one attached hydrogen (secondary N) is 1. The Labute approximate surface area is 253 Å². The van der Waals surface area contributed by atoms with Gasteiger partial charge in [-0.15, -0.1) is 0 Å². The maximum Gasteiger partial charge on any atom is 0.264 e. The number of benzene rings is 4. The molecule has 1 atom stereocenters. The van der Waals surface area contributed by atoms with Crippen LogP contribution < -0.4 is 9.62 Å². The fourth-order valence-corrected chi connectivity index (χ4v) is 6.24. The van der Waals surface area contributed by atoms with Crippen LogP contribution in [-0.4, -0.2) is 44.3 Å². The summed E-state index contributed by atoms with van der Waals surface area (Å²) in [5.41, 5.74) is 3.84. The Morgan fingerprint density at radius 2 is 1.47 bits per heavy atom. The number of amides is 2. The van der Waals surface area contributed by atoms with Crippen molar-refractivity contribution in [3.05, 3.63) is 131 Å². The second-order valence-electron chi connectivity index (χ2n) is 10.4. The summed E-state index contributed by atoms with van der Waals surface area (Å²) in [6.45, 7) is 5.50. The predicted octanol–water partition coefficient (Wildman–Crippen LogP) is 5.41. The highest BCUT2D eigenvalue weighted by molar-refractivity contribution is 7.92. The van der Waals surface area contributed by atoms with E-state index < -0.39 is 34.3 Å². The van der Waals surface area contributed by atoms with Crippen LogP contribution >= 0.6 is 0 Å². The minimum Gasteiger partial charge on any atom is -0.355 e. The van der Waals surface area contributed by atoms with Gasteiger partial charge < -0.3 is 10.2 Å². The number of nitrogens with zero attached hydrogens (tertiary/aromatic N) is 2. The second-order valence-corrected chi connectivity index (χ2v) is 12.3. The van der Waals surface area contributed by atoms with Gasteiger partial charge in [-0.3, -0.25) is 13.9 Å². The molecule has 1 N–H and O–H groups in total. The number of halogens is 1. The first kappa shape index (κ1) is 31.4. The quantitative estimate of drug-likeness (QED) is 0.235. The molecule has 4 aromatic carbocycles. The first-order chi connectivity index (χ1) is 20.6. The van der Waals surface area contributed by atoms with Gasteiger partial charge in [0.05, 0.1) is 10.6 Å². The Balaban J connectivity index is 1.79. The second kappa shape index (κ2) is 14.1. The van der Waals surface area contributed by atoms with Crippen molar-refractivity contribution in [3.8, 4) is 0 Å². The van der Waals surface area contributed by atoms with Crippen molar-refractivity contribution in [2.24, 2.45) is 0 Å². The van der Waals surface area contributed by atoms with Crippen LogP contribution in [0.15, 0.2) is 108 Å². The summed E-state index contributed by atoms with van der Waals surface area (Å²) < 4.78 is 42.6. The minimum atomic E-state index is -4.29. The molecule has 43 heavy (non-hydrogen) atoms. The number of aryl methyl sites for hydroxylation is 2. The van der Waals surface area contributed by atoms with E-state index in [9.17, 15) is 22.4 Å². The summed E-state index contributed by atoms with van der Waals surface area (Å²) in [7, 11) is -4.29. The zero-order chi connectivity index (χ0) is 31.0. The fourth-order valence-electron chi connectivity index (χ4n) is 4.83. The lowest BCUT2D eigenvalue weighted by Crippen LogP contribution is -2.53. The lowest BCUT2D eigenvalue weighted by molar-refractivity contribution is -0.140. The van der Waals surface area contributed by atoms with E-state index in [0.717, 1.165) is 38.7 Å². The molecule has 9 heteroatoms. The van der Waals surface area contributed by atoms with Crippen molar-refractivity contribution in [1.82, 2.24) is 10.2 Å². The molecule has 0 saturated heterocycles. The number of sulfonamides is 1. The molecule has 4 aromatic rings. The number of anilines is 1. The molecule has 0 spiro atoms. The Bertz CT molecular complexity index is 1640. The molecule has 0 aromatic heterocycles. The highest BCUT2D eigenvalue weighted by atomic mass is 32.2. The summed E-state index contributed by atoms with van der Waals surface area (Å²) >= 11 is 0. The van der Waals surface area contributed by atoms with Crippen LogP contribution in [0.2, 0.25) is 0 Å². The van der Waals surface area contributed by atoms with Crippen molar-refractivity contribution in [3.63, 3.8) is 0 Å². The summed E-state index contributed by atoms with van der Waals surface area (Å²) in [6.07, 6.45) is 0.236. The molecule has 0 aliphatic rings. The molecule has 0 bridgehead atoms. The molecule has 0 saturated carbocycles. The third kappa shape index (κ3) is 8.08. The van der Waals surface area contributed by atoms with Gasteiger partial charge in [0, 0.05) is 19.5 Å². The minimum absolute atomic E-state index is 0.0908. The molecule has 7 nitrogen and oxygen atoms in total. The summed E-state index contributed by atoms with van der Waals surface area (Å²) in [4.78, 5) is 29.2. The van der Waals surface area contributed by atoms with Gasteiger partial charge in [0.25, 0.3) is 10.0 Å². The number of hydrogen-bond acceptors (Lipinski definition) is 4. The van der Waals surface area contributed by atoms with Crippen molar-refractivity contribution in [1.29, 1.82) is 0 Å². The molecule has 224 valence electrons. The van der Waals surface area contributed by atoms with Gasteiger partial charge in [0.15, 0.2) is 0 Å². The Kier molecular flexibility index (Phi) is 10.3. The van der Waals surface area contributed by atoms with Crippen LogP contribution in [0.4, 0.5) is 10.1 Å². The number of rotatable bonds is 12. The molecule has 0 aliphatic carbocycles. The van der Waals surface area contributed by atoms with Crippen molar-refractivity contribution in [2.75, 3.05) is 17.4 Å². The van der Waals surface area contributed by atoms with Crippen LogP contribution in [-0.2, 0) is 32.6 Å². The number of likely N-dealkylation sites (N-methyl/N-ethyl adjacent to an activating group) is 1. The van der Waals surface area contributed by atoms with Crippen molar-refractivity contribution >= 4 is 27.5 Å². The molecule has 2 amide bonds. The molecular formula is C34H36FN3O4S. The van der Waals surface area contributed by atoms with E-state index in [1.807, 2.05) is 68.4 Å². The Hall–Kier alpha value is -4.50. The fraction of sp³-hybridized carbons (Fsp3) is 0.235. The summed E-state index contributed by atoms with van der Waals surface area (Å²) in [5.74, 6) is -1.47. The largest absolute Gasteiger partial charge is 0.355 e. The van der Waals surface area contributed by atoms with Gasteiger partial charge in [0.1, 0.15) is 18.4 Å². The topological polar surface area (TPSA) is 86.8 Å². The zero-order valence-electron chi connectivity index (χ0n) is 24.5. The van der Waals surface area contributed by atoms with E-state index in [-0.39, 0.29) is 29.5 Å². The van der Waals surface area contributed by atoms with Crippen LogP contribution in [0.1, 0.15) is 29.2 Å². The van der Waals surface area contributed by atoms with Crippen LogP contribution in [0, 0.1) is 19.7 Å². The normalized spacial score (nSPS) is 11.9. The van der Waals surface area contributed by atoms with Crippen LogP contribution in [0.25, 0.3) is 0 Å². The van der Waals surface area contributed by atoms with Gasteiger partial charge in [-0.05, 0) is 68.3 Å². The summed E-state index contributed by atoms with van der Waals surface area (Å²) in [6, 6.07) is 27.3. The number of carbonyl (C=O) groups excluding carboxylic acids is 2. The van der Waals surface area contributed by atoms with Crippen LogP contribution in [0.3, 0.4) is 0 Å². The molecule has 0 unspecified atom stereocenters. The van der Waals surface area contributed by atoms with Crippen LogP contribution in [0.5, 0.6) is 0 Å². The molecule has 0 heterocycles. The first-order valence-corrected chi connectivity index (χ1v) is 15.5. The summed E-state index contributed by atoms with van der Waals surface area (Å²) in [5, 5.41) is 2.85. The monoisotopic (exact) mass is 601 g/mol. The lowest BCUT2D eigenvalue weighted by atomic mass is 10.0. The van der Waals surface area contributed by atoms with Crippen molar-refractivity contribution in [2.45, 2.75) is 44.7 Å². The molecular weight excluding hydrogens is 565 g/mol. The van der Waals surface area contributed by atoms with E-state index >= 15 is 0 Å². The number of hydrogen-bond donors (Lipinski definition) is 1. The highest BCUT2D eigenvalue weighted by Gasteiger charge is 2.34. The van der Waals surface area contributed by atoms with Gasteiger partial charge in [-0.25, -0.2) is 12.8 Å². The standard InChI is InChI=1S/C34H36FN3O4S/c1-4-36-34(40)32(22-27-10-6-5-7-11-27)37(23-28-12-8-9-26(3)21-28)33(39)24-38(30-17-13-25(2)14-18-30)43(41,42)31-19-15-29(35)16-20-31/h5-21,32H,4,22-24H2,1-3H3,(H,36,40)/t32-/m0/s1. The van der Waals surface area contributed by atoms with E-state index in [1.165, 1.54) is 17.0 Å². The Morgan fingerprint density at radius 3 is 2.09 bits per heavy atom. The lowest BCUT2D eigenvalue weighted by Gasteiger charge is -2.34. The maximum absolute atomic E-state index is 14.3. The van der Waals surface area contributed by atoms with Gasteiger partial charge in [-0.2, -0.15) is 0 Å². The average molecular weight is 602 g/mol. The first-order valence-electron chi connectivity index (χ1n) is 14.1. The highest BCUT2D eigenvalue weighted by Crippen LogP contribution is 2.26. The number of carbonyl (C=O) groups is 2. The van der Waals surface area contributed by atoms with Gasteiger partial charge in [0.2, 0.25) is 11.8 Å². The van der Waals surface area contributed by atoms with E-state index in [0.29, 0.717) is 6.54 Å². The third-order valence-electron chi connectivity index (χ3n) is 7.06. The predicted molar refractivity (Wildman–Crippen MR) is 166 cm³/mol. The zero-order valence-corrected chi connectivity index (χ0v) is 25.4. The Morgan fingerprint density at radius 1 is 0.814 bits per heavy atom. The third-order valence-corrected chi connectivity index (χ3v) is 8.85. The SMILES string of the molecule is CCNC(=O)[C@H](Cc1ccccc1)N(Cc1cccc(C)c1)C(=O)CN(c1ccc(C)cc1)S(=O)(=O)c1ccc(F)cc1. The molecule has 4 rings (SSSR count). The van der Waals surface area contributed by atoms with E-state index in [4.69, 9.17) is 0 Å². The maximum atomic E-state index is 14.3. The van der Waals surface area contributed by atoms with Crippen molar-refractivity contribution < 1.29 is 22.4 Å². The van der Waals surface area contributed by atoms with Gasteiger partial charge >= 0.3 is 0 Å². The average Bonchev–Trinajstić information content (AvgIpc) is 2.99. The molecule has 0 fully saturated rings. The van der Waals surface area contributed by atoms with E-state index in [1.54, 1.807) is 31.2 Å².